The molecule has 0 saturated carbocycles. The second-order valence-electron chi connectivity index (χ2n) is 15.7. The van der Waals surface area contributed by atoms with Crippen LogP contribution in [0.4, 0.5) is 0 Å². The van der Waals surface area contributed by atoms with E-state index >= 15 is 0 Å². The lowest BCUT2D eigenvalue weighted by Crippen LogP contribution is -2.30. The zero-order valence-corrected chi connectivity index (χ0v) is 39.6. The molecule has 0 fully saturated rings. The van der Waals surface area contributed by atoms with E-state index in [1.54, 1.807) is 0 Å². The third kappa shape index (κ3) is 46.9. The first-order valence-corrected chi connectivity index (χ1v) is 24.6. The predicted molar refractivity (Wildman–Crippen MR) is 265 cm³/mol. The quantitative estimate of drug-likeness (QED) is 0.0200. The van der Waals surface area contributed by atoms with E-state index in [4.69, 9.17) is 14.2 Å². The maximum Gasteiger partial charge on any atom is 0.306 e. The first-order chi connectivity index (χ1) is 30.5. The van der Waals surface area contributed by atoms with Crippen molar-refractivity contribution in [2.45, 2.75) is 200 Å². The Hall–Kier alpha value is -4.19. The summed E-state index contributed by atoms with van der Waals surface area (Å²) in [5.74, 6) is -1.01. The van der Waals surface area contributed by atoms with E-state index in [2.05, 4.69) is 106 Å². The van der Waals surface area contributed by atoms with Crippen LogP contribution < -0.4 is 0 Å². The van der Waals surface area contributed by atoms with Crippen molar-refractivity contribution in [2.24, 2.45) is 0 Å². The van der Waals surface area contributed by atoms with Crippen LogP contribution in [0, 0.1) is 0 Å². The molecule has 0 aromatic rings. The Kier molecular flexibility index (Phi) is 46.1. The number of ether oxygens (including phenoxy) is 3. The van der Waals surface area contributed by atoms with Gasteiger partial charge < -0.3 is 14.2 Å². The average Bonchev–Trinajstić information content (AvgIpc) is 3.27. The fraction of sp³-hybridized carbons (Fsp3) is 0.589. The van der Waals surface area contributed by atoms with Crippen LogP contribution in [0.3, 0.4) is 0 Å². The molecular formula is C56H88O6. The summed E-state index contributed by atoms with van der Waals surface area (Å²) >= 11 is 0. The van der Waals surface area contributed by atoms with E-state index in [1.807, 2.05) is 36.5 Å². The SMILES string of the molecule is CC\C=C/C=C\C=C/C=C\CCCCCC(=O)OCC(COC(=O)CCCCC/C=C\C/C=C\C/C=C\C/C=C\CC)OC(=O)CCCCCCCC/C=C\C=C/CCCCC. The van der Waals surface area contributed by atoms with Gasteiger partial charge in [0.2, 0.25) is 0 Å². The molecule has 0 N–H and O–H groups in total. The molecule has 0 radical (unpaired) electrons. The maximum absolute atomic E-state index is 12.8. The fourth-order valence-electron chi connectivity index (χ4n) is 6.14. The molecule has 0 heterocycles. The molecule has 0 saturated heterocycles. The van der Waals surface area contributed by atoms with Gasteiger partial charge in [0.25, 0.3) is 0 Å². The van der Waals surface area contributed by atoms with Gasteiger partial charge in [-0.2, -0.15) is 0 Å². The number of rotatable bonds is 42. The number of unbranched alkanes of at least 4 members (excludes halogenated alkanes) is 15. The van der Waals surface area contributed by atoms with Gasteiger partial charge in [-0.15, -0.1) is 0 Å². The van der Waals surface area contributed by atoms with Gasteiger partial charge in [-0.1, -0.05) is 194 Å². The second kappa shape index (κ2) is 49.5. The van der Waals surface area contributed by atoms with Crippen molar-refractivity contribution in [3.8, 4) is 0 Å². The highest BCUT2D eigenvalue weighted by Crippen LogP contribution is 2.12. The smallest absolute Gasteiger partial charge is 0.306 e. The minimum atomic E-state index is -0.816. The third-order valence-corrected chi connectivity index (χ3v) is 9.80. The second-order valence-corrected chi connectivity index (χ2v) is 15.7. The number of hydrogen-bond donors (Lipinski definition) is 0. The summed E-state index contributed by atoms with van der Waals surface area (Å²) in [6.45, 7) is 6.25. The minimum Gasteiger partial charge on any atom is -0.462 e. The van der Waals surface area contributed by atoms with E-state index in [-0.39, 0.29) is 31.1 Å². The molecule has 1 atom stereocenters. The number of esters is 3. The lowest BCUT2D eigenvalue weighted by Gasteiger charge is -2.18. The summed E-state index contributed by atoms with van der Waals surface area (Å²) in [5.41, 5.74) is 0. The van der Waals surface area contributed by atoms with Crippen LogP contribution in [0.25, 0.3) is 0 Å². The monoisotopic (exact) mass is 857 g/mol. The topological polar surface area (TPSA) is 78.9 Å². The Morgan fingerprint density at radius 3 is 1.21 bits per heavy atom. The largest absolute Gasteiger partial charge is 0.462 e. The maximum atomic E-state index is 12.8. The Morgan fingerprint density at radius 1 is 0.355 bits per heavy atom. The Labute approximate surface area is 380 Å². The molecular weight excluding hydrogens is 769 g/mol. The van der Waals surface area contributed by atoms with Gasteiger partial charge >= 0.3 is 17.9 Å². The Balaban J connectivity index is 4.55. The highest BCUT2D eigenvalue weighted by molar-refractivity contribution is 5.71. The average molecular weight is 857 g/mol. The molecule has 0 aliphatic heterocycles. The lowest BCUT2D eigenvalue weighted by atomic mass is 10.1. The van der Waals surface area contributed by atoms with E-state index in [1.165, 1.54) is 32.1 Å². The van der Waals surface area contributed by atoms with Gasteiger partial charge in [0.15, 0.2) is 6.10 Å². The number of carbonyl (C=O) groups excluding carboxylic acids is 3. The molecule has 0 aromatic carbocycles. The Morgan fingerprint density at radius 2 is 0.710 bits per heavy atom. The summed E-state index contributed by atoms with van der Waals surface area (Å²) < 4.78 is 16.7. The van der Waals surface area contributed by atoms with Gasteiger partial charge in [-0.05, 0) is 103 Å². The normalized spacial score (nSPS) is 13.1. The van der Waals surface area contributed by atoms with Crippen molar-refractivity contribution in [1.29, 1.82) is 0 Å². The molecule has 348 valence electrons. The summed E-state index contributed by atoms with van der Waals surface area (Å²) in [7, 11) is 0. The molecule has 0 aliphatic rings. The lowest BCUT2D eigenvalue weighted by molar-refractivity contribution is -0.167. The van der Waals surface area contributed by atoms with Crippen LogP contribution in [0.1, 0.15) is 194 Å². The van der Waals surface area contributed by atoms with Crippen molar-refractivity contribution in [2.75, 3.05) is 13.2 Å². The van der Waals surface area contributed by atoms with Crippen molar-refractivity contribution < 1.29 is 28.6 Å². The molecule has 0 aromatic heterocycles. The van der Waals surface area contributed by atoms with Crippen LogP contribution in [0.2, 0.25) is 0 Å². The molecule has 1 unspecified atom stereocenters. The van der Waals surface area contributed by atoms with Crippen LogP contribution >= 0.6 is 0 Å². The molecule has 0 spiro atoms. The van der Waals surface area contributed by atoms with Crippen molar-refractivity contribution in [3.05, 3.63) is 122 Å². The van der Waals surface area contributed by atoms with E-state index in [0.717, 1.165) is 122 Å². The highest BCUT2D eigenvalue weighted by atomic mass is 16.6. The van der Waals surface area contributed by atoms with Crippen LogP contribution in [-0.4, -0.2) is 37.2 Å². The first-order valence-electron chi connectivity index (χ1n) is 24.6. The number of allylic oxidation sites excluding steroid dienone is 20. The molecule has 62 heavy (non-hydrogen) atoms. The van der Waals surface area contributed by atoms with Gasteiger partial charge in [-0.3, -0.25) is 14.4 Å². The zero-order valence-electron chi connectivity index (χ0n) is 39.6. The van der Waals surface area contributed by atoms with Crippen molar-refractivity contribution in [1.82, 2.24) is 0 Å². The van der Waals surface area contributed by atoms with Gasteiger partial charge in [0.05, 0.1) is 0 Å². The molecule has 0 aliphatic carbocycles. The highest BCUT2D eigenvalue weighted by Gasteiger charge is 2.19. The molecule has 6 nitrogen and oxygen atoms in total. The summed E-state index contributed by atoms with van der Waals surface area (Å²) in [4.78, 5) is 37.9. The van der Waals surface area contributed by atoms with Gasteiger partial charge in [-0.25, -0.2) is 0 Å². The number of carbonyl (C=O) groups is 3. The Bertz CT molecular complexity index is 1350. The molecule has 6 heteroatoms. The van der Waals surface area contributed by atoms with Crippen LogP contribution in [0.5, 0.6) is 0 Å². The zero-order chi connectivity index (χ0) is 45.1. The summed E-state index contributed by atoms with van der Waals surface area (Å²) in [6.07, 6.45) is 67.5. The van der Waals surface area contributed by atoms with Gasteiger partial charge in [0.1, 0.15) is 13.2 Å². The van der Waals surface area contributed by atoms with E-state index in [0.29, 0.717) is 19.3 Å². The minimum absolute atomic E-state index is 0.116. The van der Waals surface area contributed by atoms with E-state index < -0.39 is 6.10 Å². The standard InChI is InChI=1S/C56H88O6/c1-4-7-10-13-16-19-22-25-27-29-31-34-37-40-43-46-49-55(58)61-52-53(51-60-54(57)48-45-42-39-36-33-30-24-21-18-15-12-9-6-3)62-56(59)50-47-44-41-38-35-32-28-26-23-20-17-14-11-8-5-2/h7,9-10,12,15-21,23-27,30-31,33-34,53H,4-6,8,11,13-14,22,28-29,32,35-52H2,1-3H3/b10-7-,12-9-,18-15-,19-16-,20-17-,24-21-,26-23-,27-25-,33-30-,34-31-. The number of hydrogen-bond acceptors (Lipinski definition) is 6. The van der Waals surface area contributed by atoms with Crippen LogP contribution in [0.15, 0.2) is 122 Å². The van der Waals surface area contributed by atoms with Crippen molar-refractivity contribution >= 4 is 17.9 Å². The van der Waals surface area contributed by atoms with E-state index in [9.17, 15) is 14.4 Å². The molecule has 0 bridgehead atoms. The summed E-state index contributed by atoms with van der Waals surface area (Å²) in [6, 6.07) is 0. The molecule has 0 rings (SSSR count). The predicted octanol–water partition coefficient (Wildman–Crippen LogP) is 16.1. The van der Waals surface area contributed by atoms with Crippen molar-refractivity contribution in [3.63, 3.8) is 0 Å². The fourth-order valence-corrected chi connectivity index (χ4v) is 6.14. The van der Waals surface area contributed by atoms with Gasteiger partial charge in [0, 0.05) is 19.3 Å². The summed E-state index contributed by atoms with van der Waals surface area (Å²) in [5, 5.41) is 0. The third-order valence-electron chi connectivity index (χ3n) is 9.80. The van der Waals surface area contributed by atoms with Crippen LogP contribution in [-0.2, 0) is 28.6 Å². The first kappa shape index (κ1) is 57.8. The molecule has 0 amide bonds.